The number of Topliss-reactive ketones (excluding diaryl/α,β-unsaturated/α-hetero) is 1. The predicted octanol–water partition coefficient (Wildman–Crippen LogP) is 4.88. The number of carbonyl (C=O) groups excluding carboxylic acids is 4. The zero-order chi connectivity index (χ0) is 35.2. The summed E-state index contributed by atoms with van der Waals surface area (Å²) in [4.78, 5) is 56.4. The minimum atomic E-state index is -5.23. The fourth-order valence-corrected chi connectivity index (χ4v) is 5.46. The summed E-state index contributed by atoms with van der Waals surface area (Å²) >= 11 is 0. The van der Waals surface area contributed by atoms with E-state index in [0.29, 0.717) is 11.1 Å². The zero-order valence-electron chi connectivity index (χ0n) is 27.0. The molecule has 0 unspecified atom stereocenters. The summed E-state index contributed by atoms with van der Waals surface area (Å²) in [6, 6.07) is 16.2. The Morgan fingerprint density at radius 2 is 1.44 bits per heavy atom. The number of benzene rings is 3. The number of rotatable bonds is 12. The molecule has 1 heterocycles. The van der Waals surface area contributed by atoms with Gasteiger partial charge in [0.1, 0.15) is 18.6 Å². The second-order valence-electron chi connectivity index (χ2n) is 11.3. The Bertz CT molecular complexity index is 1650. The number of halogens is 3. The highest BCUT2D eigenvalue weighted by Crippen LogP contribution is 2.42. The van der Waals surface area contributed by atoms with Crippen LogP contribution in [0.4, 0.5) is 13.2 Å². The molecule has 3 amide bonds. The van der Waals surface area contributed by atoms with Gasteiger partial charge in [-0.1, -0.05) is 62.4 Å². The van der Waals surface area contributed by atoms with Gasteiger partial charge in [0.25, 0.3) is 17.6 Å². The molecule has 2 atom stereocenters. The molecule has 0 bridgehead atoms. The third kappa shape index (κ3) is 7.79. The second kappa shape index (κ2) is 15.1. The maximum absolute atomic E-state index is 14.3. The Labute approximate surface area is 276 Å². The summed E-state index contributed by atoms with van der Waals surface area (Å²) in [5.74, 6) is -4.12. The van der Waals surface area contributed by atoms with Gasteiger partial charge in [-0.15, -0.1) is 0 Å². The number of nitrogens with one attached hydrogen (secondary N) is 1. The first-order chi connectivity index (χ1) is 22.8. The average Bonchev–Trinajstić information content (AvgIpc) is 3.07. The third-order valence-corrected chi connectivity index (χ3v) is 7.73. The molecule has 1 aliphatic rings. The van der Waals surface area contributed by atoms with Crippen LogP contribution < -0.4 is 19.5 Å². The molecule has 0 saturated carbocycles. The van der Waals surface area contributed by atoms with E-state index < -0.39 is 60.6 Å². The standard InChI is InChI=1S/C35H36F3N3O7/c1-21(2)30-34(45)40(20-29(42)39-25(32(43)35(36,37)38)16-22-12-8-6-9-13-22)26(19-41(30)33(44)23-14-10-7-11-15-23)24-17-27(46-3)31(48-5)28(18-24)47-4/h6-15,17-19,21,25,30H,16,20H2,1-5H3,(H,39,42)/t25-,30-/m0/s1. The first kappa shape index (κ1) is 35.5. The molecule has 13 heteroatoms. The highest BCUT2D eigenvalue weighted by atomic mass is 19.4. The van der Waals surface area contributed by atoms with Crippen LogP contribution in [0.3, 0.4) is 0 Å². The van der Waals surface area contributed by atoms with Crippen molar-refractivity contribution in [1.82, 2.24) is 15.1 Å². The van der Waals surface area contributed by atoms with Crippen LogP contribution in [0, 0.1) is 5.92 Å². The molecule has 0 saturated heterocycles. The number of hydrogen-bond acceptors (Lipinski definition) is 7. The number of ether oxygens (including phenoxy) is 3. The van der Waals surface area contributed by atoms with Crippen molar-refractivity contribution in [3.63, 3.8) is 0 Å². The molecule has 254 valence electrons. The van der Waals surface area contributed by atoms with E-state index in [1.165, 1.54) is 56.7 Å². The molecule has 0 aromatic heterocycles. The van der Waals surface area contributed by atoms with Gasteiger partial charge in [0.05, 0.1) is 27.0 Å². The molecule has 0 radical (unpaired) electrons. The molecule has 48 heavy (non-hydrogen) atoms. The van der Waals surface area contributed by atoms with Crippen molar-refractivity contribution in [1.29, 1.82) is 0 Å². The molecule has 10 nitrogen and oxygen atoms in total. The molecule has 0 spiro atoms. The minimum Gasteiger partial charge on any atom is -0.493 e. The molecule has 4 rings (SSSR count). The lowest BCUT2D eigenvalue weighted by Gasteiger charge is -2.41. The topological polar surface area (TPSA) is 114 Å². The van der Waals surface area contributed by atoms with Crippen molar-refractivity contribution < 1.29 is 46.6 Å². The summed E-state index contributed by atoms with van der Waals surface area (Å²) in [7, 11) is 4.18. The predicted molar refractivity (Wildman–Crippen MR) is 170 cm³/mol. The van der Waals surface area contributed by atoms with Gasteiger partial charge in [-0.2, -0.15) is 13.2 Å². The van der Waals surface area contributed by atoms with Crippen LogP contribution in [-0.4, -0.2) is 79.4 Å². The maximum Gasteiger partial charge on any atom is 0.452 e. The smallest absolute Gasteiger partial charge is 0.452 e. The Morgan fingerprint density at radius 3 is 1.94 bits per heavy atom. The van der Waals surface area contributed by atoms with E-state index in [1.54, 1.807) is 62.4 Å². The highest BCUT2D eigenvalue weighted by molar-refractivity contribution is 6.04. The van der Waals surface area contributed by atoms with Gasteiger partial charge in [-0.05, 0) is 35.7 Å². The number of hydrogen-bond donors (Lipinski definition) is 1. The van der Waals surface area contributed by atoms with Gasteiger partial charge in [0, 0.05) is 23.7 Å². The Morgan fingerprint density at radius 1 is 0.875 bits per heavy atom. The fraction of sp³-hybridized carbons (Fsp3) is 0.314. The zero-order valence-corrected chi connectivity index (χ0v) is 27.0. The van der Waals surface area contributed by atoms with E-state index in [4.69, 9.17) is 14.2 Å². The van der Waals surface area contributed by atoms with Crippen molar-refractivity contribution >= 4 is 29.2 Å². The van der Waals surface area contributed by atoms with Crippen molar-refractivity contribution in [3.8, 4) is 17.2 Å². The van der Waals surface area contributed by atoms with Crippen molar-refractivity contribution in [2.75, 3.05) is 27.9 Å². The van der Waals surface area contributed by atoms with E-state index >= 15 is 0 Å². The maximum atomic E-state index is 14.3. The highest BCUT2D eigenvalue weighted by Gasteiger charge is 2.45. The lowest BCUT2D eigenvalue weighted by molar-refractivity contribution is -0.173. The molecule has 1 aliphatic heterocycles. The molecule has 3 aromatic rings. The fourth-order valence-electron chi connectivity index (χ4n) is 5.46. The van der Waals surface area contributed by atoms with Crippen molar-refractivity contribution in [3.05, 3.63) is 95.7 Å². The molecular weight excluding hydrogens is 631 g/mol. The van der Waals surface area contributed by atoms with Crippen LogP contribution >= 0.6 is 0 Å². The number of methoxy groups -OCH3 is 3. The number of ketones is 1. The molecule has 0 fully saturated rings. The van der Waals surface area contributed by atoms with E-state index in [2.05, 4.69) is 5.32 Å². The summed E-state index contributed by atoms with van der Waals surface area (Å²) < 4.78 is 57.2. The van der Waals surface area contributed by atoms with Crippen LogP contribution in [0.5, 0.6) is 17.2 Å². The lowest BCUT2D eigenvalue weighted by atomic mass is 9.95. The Balaban J connectivity index is 1.81. The number of alkyl halides is 3. The summed E-state index contributed by atoms with van der Waals surface area (Å²) in [5.41, 5.74) is 1.02. The minimum absolute atomic E-state index is 0.0531. The summed E-state index contributed by atoms with van der Waals surface area (Å²) in [6.07, 6.45) is -4.24. The van der Waals surface area contributed by atoms with Gasteiger partial charge in [-0.3, -0.25) is 24.1 Å². The SMILES string of the molecule is COc1cc(C2=CN(C(=O)c3ccccc3)[C@@H](C(C)C)C(=O)N2CC(=O)N[C@@H](Cc2ccccc2)C(=O)C(F)(F)F)cc(OC)c1OC. The van der Waals surface area contributed by atoms with Gasteiger partial charge < -0.3 is 24.4 Å². The Hall–Kier alpha value is -5.33. The monoisotopic (exact) mass is 667 g/mol. The van der Waals surface area contributed by atoms with Crippen molar-refractivity contribution in [2.45, 2.75) is 38.5 Å². The number of amides is 3. The van der Waals surface area contributed by atoms with Crippen molar-refractivity contribution in [2.24, 2.45) is 5.92 Å². The van der Waals surface area contributed by atoms with E-state index in [9.17, 15) is 32.3 Å². The van der Waals surface area contributed by atoms with Gasteiger partial charge in [-0.25, -0.2) is 0 Å². The van der Waals surface area contributed by atoms with Gasteiger partial charge in [0.2, 0.25) is 11.7 Å². The van der Waals surface area contributed by atoms with Crippen LogP contribution in [0.1, 0.15) is 35.3 Å². The lowest BCUT2D eigenvalue weighted by Crippen LogP contribution is -2.57. The largest absolute Gasteiger partial charge is 0.493 e. The molecule has 3 aromatic carbocycles. The molecular formula is C35H36F3N3O7. The summed E-state index contributed by atoms with van der Waals surface area (Å²) in [6.45, 7) is 2.68. The average molecular weight is 668 g/mol. The van der Waals surface area contributed by atoms with Crippen LogP contribution in [0.2, 0.25) is 0 Å². The number of nitrogens with zero attached hydrogens (tertiary/aromatic N) is 2. The second-order valence-corrected chi connectivity index (χ2v) is 11.3. The molecule has 0 aliphatic carbocycles. The van der Waals surface area contributed by atoms with E-state index in [-0.39, 0.29) is 28.5 Å². The van der Waals surface area contributed by atoms with Gasteiger partial charge >= 0.3 is 6.18 Å². The van der Waals surface area contributed by atoms with Crippen LogP contribution in [0.25, 0.3) is 5.70 Å². The van der Waals surface area contributed by atoms with E-state index in [1.807, 2.05) is 0 Å². The summed E-state index contributed by atoms with van der Waals surface area (Å²) in [5, 5.41) is 2.20. The number of carbonyl (C=O) groups is 4. The first-order valence-electron chi connectivity index (χ1n) is 15.0. The quantitative estimate of drug-likeness (QED) is 0.293. The first-order valence-corrected chi connectivity index (χ1v) is 15.0. The van der Waals surface area contributed by atoms with Crippen LogP contribution in [0.15, 0.2) is 79.0 Å². The van der Waals surface area contributed by atoms with Gasteiger partial charge in [0.15, 0.2) is 11.5 Å². The Kier molecular flexibility index (Phi) is 11.1. The van der Waals surface area contributed by atoms with Crippen LogP contribution in [-0.2, 0) is 20.8 Å². The van der Waals surface area contributed by atoms with E-state index in [0.717, 1.165) is 4.90 Å². The normalized spacial score (nSPS) is 15.5. The third-order valence-electron chi connectivity index (χ3n) is 7.73. The molecule has 1 N–H and O–H groups in total.